The van der Waals surface area contributed by atoms with Crippen LogP contribution in [0.2, 0.25) is 5.02 Å². The molecule has 1 saturated carbocycles. The van der Waals surface area contributed by atoms with E-state index in [4.69, 9.17) is 23.2 Å². The number of rotatable bonds is 2. The summed E-state index contributed by atoms with van der Waals surface area (Å²) < 4.78 is 53.1. The van der Waals surface area contributed by atoms with Gasteiger partial charge in [-0.2, -0.15) is 17.6 Å². The van der Waals surface area contributed by atoms with Gasteiger partial charge in [0.2, 0.25) is 5.24 Å². The van der Waals surface area contributed by atoms with Gasteiger partial charge in [-0.25, -0.2) is 0 Å². The smallest absolute Gasteiger partial charge is 0.280 e. The fourth-order valence-corrected chi connectivity index (χ4v) is 2.51. The lowest BCUT2D eigenvalue weighted by atomic mass is 9.59. The van der Waals surface area contributed by atoms with Gasteiger partial charge in [0.05, 0.1) is 0 Å². The summed E-state index contributed by atoms with van der Waals surface area (Å²) in [7, 11) is 0. The second-order valence-electron chi connectivity index (χ2n) is 4.14. The van der Waals surface area contributed by atoms with Gasteiger partial charge in [-0.15, -0.1) is 0 Å². The lowest BCUT2D eigenvalue weighted by molar-refractivity contribution is -0.316. The molecule has 0 heterocycles. The van der Waals surface area contributed by atoms with Crippen LogP contribution >= 0.6 is 23.2 Å². The van der Waals surface area contributed by atoms with Crippen molar-refractivity contribution in [1.29, 1.82) is 0 Å². The predicted octanol–water partition coefficient (Wildman–Crippen LogP) is 4.02. The molecule has 18 heavy (non-hydrogen) atoms. The van der Waals surface area contributed by atoms with E-state index in [2.05, 4.69) is 0 Å². The highest BCUT2D eigenvalue weighted by atomic mass is 35.5. The Kier molecular flexibility index (Phi) is 2.91. The van der Waals surface area contributed by atoms with E-state index in [1.54, 1.807) is 0 Å². The Balaban J connectivity index is 2.55. The normalized spacial score (nSPS) is 28.6. The quantitative estimate of drug-likeness (QED) is 0.595. The Morgan fingerprint density at radius 3 is 1.94 bits per heavy atom. The summed E-state index contributed by atoms with van der Waals surface area (Å²) in [4.78, 5) is 11.3. The van der Waals surface area contributed by atoms with Crippen LogP contribution in [0.25, 0.3) is 0 Å². The molecule has 0 amide bonds. The van der Waals surface area contributed by atoms with E-state index in [1.807, 2.05) is 0 Å². The second-order valence-corrected chi connectivity index (χ2v) is 4.92. The number of carbonyl (C=O) groups excluding carboxylic acids is 1. The number of carbonyl (C=O) groups is 1. The Bertz CT molecular complexity index is 500. The van der Waals surface area contributed by atoms with Gasteiger partial charge in [0, 0.05) is 11.4 Å². The lowest BCUT2D eigenvalue weighted by Crippen LogP contribution is -2.71. The fraction of sp³-hybridized carbons (Fsp3) is 0.364. The molecular formula is C11H6Cl2F4O. The van der Waals surface area contributed by atoms with Crippen LogP contribution in [0.15, 0.2) is 24.3 Å². The highest BCUT2D eigenvalue weighted by Gasteiger charge is 2.83. The number of hydrogen-bond acceptors (Lipinski definition) is 1. The molecule has 1 fully saturated rings. The first-order valence-corrected chi connectivity index (χ1v) is 5.62. The van der Waals surface area contributed by atoms with Gasteiger partial charge in [0.25, 0.3) is 0 Å². The summed E-state index contributed by atoms with van der Waals surface area (Å²) in [5.74, 6) is -8.75. The van der Waals surface area contributed by atoms with Crippen LogP contribution < -0.4 is 0 Å². The van der Waals surface area contributed by atoms with Crippen molar-refractivity contribution in [3.63, 3.8) is 0 Å². The van der Waals surface area contributed by atoms with Crippen LogP contribution in [0.5, 0.6) is 0 Å². The molecule has 0 radical (unpaired) electrons. The summed E-state index contributed by atoms with van der Waals surface area (Å²) >= 11 is 10.7. The molecule has 1 unspecified atom stereocenters. The number of hydrogen-bond donors (Lipinski definition) is 0. The first kappa shape index (κ1) is 13.6. The van der Waals surface area contributed by atoms with Crippen molar-refractivity contribution in [1.82, 2.24) is 0 Å². The molecule has 1 aliphatic carbocycles. The summed E-state index contributed by atoms with van der Waals surface area (Å²) in [6.07, 6.45) is -1.31. The van der Waals surface area contributed by atoms with Crippen molar-refractivity contribution in [2.45, 2.75) is 23.7 Å². The first-order chi connectivity index (χ1) is 8.15. The topological polar surface area (TPSA) is 17.1 Å². The molecule has 1 nitrogen and oxygen atoms in total. The third-order valence-corrected chi connectivity index (χ3v) is 3.73. The van der Waals surface area contributed by atoms with E-state index in [0.29, 0.717) is 0 Å². The minimum absolute atomic E-state index is 0.241. The van der Waals surface area contributed by atoms with Crippen molar-refractivity contribution in [3.8, 4) is 0 Å². The SMILES string of the molecule is O=C(Cl)C1(c2ccc(Cl)cc2)CC(F)(F)C1(F)F. The van der Waals surface area contributed by atoms with Crippen LogP contribution in [0.1, 0.15) is 12.0 Å². The highest BCUT2D eigenvalue weighted by Crippen LogP contribution is 2.64. The Hall–Kier alpha value is -0.810. The average molecular weight is 301 g/mol. The van der Waals surface area contributed by atoms with Crippen molar-refractivity contribution < 1.29 is 22.4 Å². The van der Waals surface area contributed by atoms with Crippen LogP contribution in [0.4, 0.5) is 17.6 Å². The molecule has 0 saturated heterocycles. The van der Waals surface area contributed by atoms with Crippen LogP contribution in [0.3, 0.4) is 0 Å². The van der Waals surface area contributed by atoms with Gasteiger partial charge in [-0.1, -0.05) is 23.7 Å². The molecule has 98 valence electrons. The van der Waals surface area contributed by atoms with Crippen molar-refractivity contribution in [2.75, 3.05) is 0 Å². The molecule has 1 aliphatic rings. The lowest BCUT2D eigenvalue weighted by Gasteiger charge is -2.51. The molecule has 2 rings (SSSR count). The van der Waals surface area contributed by atoms with E-state index in [1.165, 1.54) is 12.1 Å². The summed E-state index contributed by atoms with van der Waals surface area (Å²) in [5.41, 5.74) is -2.94. The molecule has 0 N–H and O–H groups in total. The van der Waals surface area contributed by atoms with Crippen LogP contribution in [-0.2, 0) is 10.2 Å². The average Bonchev–Trinajstić information content (AvgIpc) is 2.26. The first-order valence-electron chi connectivity index (χ1n) is 4.87. The number of alkyl halides is 4. The molecule has 1 aromatic rings. The highest BCUT2D eigenvalue weighted by molar-refractivity contribution is 6.66. The molecule has 0 aliphatic heterocycles. The van der Waals surface area contributed by atoms with Gasteiger partial charge in [-0.05, 0) is 29.3 Å². The third kappa shape index (κ3) is 1.50. The van der Waals surface area contributed by atoms with Crippen LogP contribution in [-0.4, -0.2) is 17.1 Å². The molecular weight excluding hydrogens is 295 g/mol. The maximum Gasteiger partial charge on any atom is 0.328 e. The minimum atomic E-state index is -4.51. The Morgan fingerprint density at radius 2 is 1.61 bits per heavy atom. The van der Waals surface area contributed by atoms with Crippen molar-refractivity contribution in [2.24, 2.45) is 0 Å². The zero-order valence-electron chi connectivity index (χ0n) is 8.69. The van der Waals surface area contributed by atoms with Crippen molar-refractivity contribution >= 4 is 28.4 Å². The second kappa shape index (κ2) is 3.84. The fourth-order valence-electron chi connectivity index (χ4n) is 2.08. The number of benzene rings is 1. The molecule has 0 spiro atoms. The van der Waals surface area contributed by atoms with E-state index in [-0.39, 0.29) is 10.6 Å². The monoisotopic (exact) mass is 300 g/mol. The molecule has 0 bridgehead atoms. The number of halogens is 6. The van der Waals surface area contributed by atoms with Gasteiger partial charge in [0.1, 0.15) is 5.41 Å². The maximum atomic E-state index is 13.6. The van der Waals surface area contributed by atoms with E-state index in [0.717, 1.165) is 12.1 Å². The third-order valence-electron chi connectivity index (χ3n) is 3.16. The van der Waals surface area contributed by atoms with Crippen LogP contribution in [0, 0.1) is 0 Å². The van der Waals surface area contributed by atoms with E-state index >= 15 is 0 Å². The largest absolute Gasteiger partial charge is 0.328 e. The summed E-state index contributed by atoms with van der Waals surface area (Å²) in [6, 6.07) is 4.69. The zero-order chi connectivity index (χ0) is 13.8. The standard InChI is InChI=1S/C11H6Cl2F4O/c12-7-3-1-6(2-4-7)9(8(13)18)5-10(14,15)11(9,16)17/h1-4H,5H2. The van der Waals surface area contributed by atoms with Gasteiger partial charge >= 0.3 is 11.8 Å². The molecule has 0 aromatic heterocycles. The van der Waals surface area contributed by atoms with Gasteiger partial charge in [0.15, 0.2) is 0 Å². The summed E-state index contributed by atoms with van der Waals surface area (Å²) in [5, 5.41) is -1.26. The minimum Gasteiger partial charge on any atom is -0.280 e. The predicted molar refractivity (Wildman–Crippen MR) is 58.5 cm³/mol. The Morgan fingerprint density at radius 1 is 1.11 bits per heavy atom. The zero-order valence-corrected chi connectivity index (χ0v) is 10.2. The van der Waals surface area contributed by atoms with Gasteiger partial charge in [-0.3, -0.25) is 4.79 Å². The molecule has 1 atom stereocenters. The Labute approximate surface area is 110 Å². The van der Waals surface area contributed by atoms with Gasteiger partial charge < -0.3 is 0 Å². The maximum absolute atomic E-state index is 13.6. The summed E-state index contributed by atoms with van der Waals surface area (Å²) in [6.45, 7) is 0. The van der Waals surface area contributed by atoms with Crippen molar-refractivity contribution in [3.05, 3.63) is 34.9 Å². The molecule has 1 aromatic carbocycles. The molecule has 7 heteroatoms. The van der Waals surface area contributed by atoms with E-state index < -0.39 is 28.9 Å². The van der Waals surface area contributed by atoms with E-state index in [9.17, 15) is 22.4 Å².